The van der Waals surface area contributed by atoms with Gasteiger partial charge in [0.05, 0.1) is 6.04 Å². The molecule has 1 aliphatic carbocycles. The number of rotatable bonds is 9. The summed E-state index contributed by atoms with van der Waals surface area (Å²) in [5.41, 5.74) is 5.82. The van der Waals surface area contributed by atoms with E-state index in [4.69, 9.17) is 10.5 Å². The third-order valence-corrected chi connectivity index (χ3v) is 3.37. The van der Waals surface area contributed by atoms with E-state index in [0.717, 1.165) is 32.0 Å². The van der Waals surface area contributed by atoms with Gasteiger partial charge in [-0.05, 0) is 31.1 Å². The van der Waals surface area contributed by atoms with Crippen LogP contribution in [0.25, 0.3) is 0 Å². The Hall–Kier alpha value is -0.610. The fourth-order valence-corrected chi connectivity index (χ4v) is 1.55. The van der Waals surface area contributed by atoms with Gasteiger partial charge in [0.15, 0.2) is 0 Å². The van der Waals surface area contributed by atoms with Crippen LogP contribution in [0.4, 0.5) is 0 Å². The average Bonchev–Trinajstić information content (AvgIpc) is 3.15. The molecule has 0 radical (unpaired) electrons. The fraction of sp³-hybridized carbons (Fsp3) is 0.923. The topological polar surface area (TPSA) is 64.4 Å². The van der Waals surface area contributed by atoms with Crippen molar-refractivity contribution >= 4 is 5.91 Å². The molecule has 0 heterocycles. The van der Waals surface area contributed by atoms with Gasteiger partial charge in [0.25, 0.3) is 0 Å². The lowest BCUT2D eigenvalue weighted by molar-refractivity contribution is -0.123. The van der Waals surface area contributed by atoms with Crippen LogP contribution in [0, 0.1) is 11.8 Å². The van der Waals surface area contributed by atoms with Crippen LogP contribution >= 0.6 is 0 Å². The van der Waals surface area contributed by atoms with Crippen LogP contribution in [0.5, 0.6) is 0 Å². The van der Waals surface area contributed by atoms with Crippen LogP contribution in [-0.2, 0) is 9.53 Å². The zero-order valence-corrected chi connectivity index (χ0v) is 11.1. The SMILES string of the molecule is CC[C@H](C)[C@H](N)C(=O)NCCCOCC1CC1. The van der Waals surface area contributed by atoms with Crippen molar-refractivity contribution in [3.05, 3.63) is 0 Å². The highest BCUT2D eigenvalue weighted by Gasteiger charge is 2.21. The molecule has 0 spiro atoms. The number of carbonyl (C=O) groups excluding carboxylic acids is 1. The molecule has 0 aromatic carbocycles. The van der Waals surface area contributed by atoms with E-state index in [2.05, 4.69) is 5.32 Å². The van der Waals surface area contributed by atoms with Gasteiger partial charge in [-0.2, -0.15) is 0 Å². The van der Waals surface area contributed by atoms with E-state index in [1.54, 1.807) is 0 Å². The number of nitrogens with two attached hydrogens (primary N) is 1. The third-order valence-electron chi connectivity index (χ3n) is 3.37. The summed E-state index contributed by atoms with van der Waals surface area (Å²) >= 11 is 0. The minimum atomic E-state index is -0.382. The summed E-state index contributed by atoms with van der Waals surface area (Å²) < 4.78 is 5.49. The molecule has 1 amide bonds. The number of amides is 1. The number of nitrogens with one attached hydrogen (secondary N) is 1. The Balaban J connectivity index is 1.94. The maximum absolute atomic E-state index is 11.6. The predicted octanol–water partition coefficient (Wildman–Crippen LogP) is 1.29. The van der Waals surface area contributed by atoms with Crippen molar-refractivity contribution in [2.24, 2.45) is 17.6 Å². The number of carbonyl (C=O) groups is 1. The van der Waals surface area contributed by atoms with Gasteiger partial charge in [0, 0.05) is 19.8 Å². The summed E-state index contributed by atoms with van der Waals surface area (Å²) in [6.07, 6.45) is 4.44. The van der Waals surface area contributed by atoms with Crippen LogP contribution < -0.4 is 11.1 Å². The average molecular weight is 242 g/mol. The minimum Gasteiger partial charge on any atom is -0.381 e. The van der Waals surface area contributed by atoms with Crippen LogP contribution in [0.1, 0.15) is 39.5 Å². The molecule has 0 aromatic rings. The monoisotopic (exact) mass is 242 g/mol. The van der Waals surface area contributed by atoms with E-state index in [9.17, 15) is 4.79 Å². The van der Waals surface area contributed by atoms with Crippen molar-refractivity contribution in [1.82, 2.24) is 5.32 Å². The van der Waals surface area contributed by atoms with Gasteiger partial charge in [-0.15, -0.1) is 0 Å². The number of hydrogen-bond acceptors (Lipinski definition) is 3. The zero-order valence-electron chi connectivity index (χ0n) is 11.1. The molecule has 1 fully saturated rings. The maximum atomic E-state index is 11.6. The lowest BCUT2D eigenvalue weighted by atomic mass is 9.99. The first-order valence-corrected chi connectivity index (χ1v) is 6.76. The fourth-order valence-electron chi connectivity index (χ4n) is 1.55. The van der Waals surface area contributed by atoms with Crippen molar-refractivity contribution in [2.45, 2.75) is 45.6 Å². The van der Waals surface area contributed by atoms with Crippen molar-refractivity contribution in [2.75, 3.05) is 19.8 Å². The summed E-state index contributed by atoms with van der Waals surface area (Å²) in [6.45, 7) is 6.33. The standard InChI is InChI=1S/C13H26N2O2/c1-3-10(2)12(14)13(16)15-7-4-8-17-9-11-5-6-11/h10-12H,3-9,14H2,1-2H3,(H,15,16)/t10-,12-/m0/s1. The van der Waals surface area contributed by atoms with Crippen molar-refractivity contribution < 1.29 is 9.53 Å². The highest BCUT2D eigenvalue weighted by molar-refractivity contribution is 5.81. The molecule has 0 bridgehead atoms. The molecular formula is C13H26N2O2. The van der Waals surface area contributed by atoms with E-state index in [1.807, 2.05) is 13.8 Å². The summed E-state index contributed by atoms with van der Waals surface area (Å²) in [6, 6.07) is -0.382. The number of hydrogen-bond donors (Lipinski definition) is 2. The van der Waals surface area contributed by atoms with Crippen molar-refractivity contribution in [1.29, 1.82) is 0 Å². The van der Waals surface area contributed by atoms with Gasteiger partial charge in [-0.1, -0.05) is 20.3 Å². The first-order valence-electron chi connectivity index (χ1n) is 6.76. The van der Waals surface area contributed by atoms with E-state index >= 15 is 0 Å². The van der Waals surface area contributed by atoms with E-state index in [-0.39, 0.29) is 17.9 Å². The molecule has 0 aliphatic heterocycles. The molecule has 100 valence electrons. The quantitative estimate of drug-likeness (QED) is 0.599. The first kappa shape index (κ1) is 14.5. The Morgan fingerprint density at radius 3 is 2.82 bits per heavy atom. The second-order valence-electron chi connectivity index (χ2n) is 5.07. The highest BCUT2D eigenvalue weighted by atomic mass is 16.5. The molecule has 4 heteroatoms. The second-order valence-corrected chi connectivity index (χ2v) is 5.07. The summed E-state index contributed by atoms with van der Waals surface area (Å²) in [4.78, 5) is 11.6. The molecule has 4 nitrogen and oxygen atoms in total. The Morgan fingerprint density at radius 2 is 2.24 bits per heavy atom. The largest absolute Gasteiger partial charge is 0.381 e. The molecule has 0 saturated heterocycles. The first-order chi connectivity index (χ1) is 8.15. The Labute approximate surface area is 104 Å². The van der Waals surface area contributed by atoms with Crippen LogP contribution in [0.2, 0.25) is 0 Å². The van der Waals surface area contributed by atoms with Crippen LogP contribution in [-0.4, -0.2) is 31.7 Å². The van der Waals surface area contributed by atoms with Crippen LogP contribution in [0.15, 0.2) is 0 Å². The summed E-state index contributed by atoms with van der Waals surface area (Å²) in [5.74, 6) is 1.01. The zero-order chi connectivity index (χ0) is 12.7. The van der Waals surface area contributed by atoms with Crippen LogP contribution in [0.3, 0.4) is 0 Å². The van der Waals surface area contributed by atoms with Gasteiger partial charge in [0.2, 0.25) is 5.91 Å². The van der Waals surface area contributed by atoms with Gasteiger partial charge >= 0.3 is 0 Å². The normalized spacial score (nSPS) is 18.8. The molecule has 0 aromatic heterocycles. The minimum absolute atomic E-state index is 0.0402. The van der Waals surface area contributed by atoms with Crippen molar-refractivity contribution in [3.63, 3.8) is 0 Å². The van der Waals surface area contributed by atoms with Crippen molar-refractivity contribution in [3.8, 4) is 0 Å². The molecule has 3 N–H and O–H groups in total. The molecule has 1 saturated carbocycles. The van der Waals surface area contributed by atoms with E-state index < -0.39 is 0 Å². The molecule has 1 aliphatic rings. The van der Waals surface area contributed by atoms with E-state index in [1.165, 1.54) is 12.8 Å². The highest BCUT2D eigenvalue weighted by Crippen LogP contribution is 2.28. The maximum Gasteiger partial charge on any atom is 0.237 e. The smallest absolute Gasteiger partial charge is 0.237 e. The molecule has 17 heavy (non-hydrogen) atoms. The second kappa shape index (κ2) is 7.67. The van der Waals surface area contributed by atoms with Gasteiger partial charge in [-0.25, -0.2) is 0 Å². The van der Waals surface area contributed by atoms with Gasteiger partial charge in [0.1, 0.15) is 0 Å². The Morgan fingerprint density at radius 1 is 1.53 bits per heavy atom. The van der Waals surface area contributed by atoms with Gasteiger partial charge < -0.3 is 15.8 Å². The Kier molecular flexibility index (Phi) is 6.52. The van der Waals surface area contributed by atoms with Gasteiger partial charge in [-0.3, -0.25) is 4.79 Å². The summed E-state index contributed by atoms with van der Waals surface area (Å²) in [7, 11) is 0. The lowest BCUT2D eigenvalue weighted by Crippen LogP contribution is -2.45. The third kappa shape index (κ3) is 6.03. The predicted molar refractivity (Wildman–Crippen MR) is 68.6 cm³/mol. The lowest BCUT2D eigenvalue weighted by Gasteiger charge is -2.17. The summed E-state index contributed by atoms with van der Waals surface area (Å²) in [5, 5.41) is 2.86. The number of ether oxygens (including phenoxy) is 1. The molecule has 0 unspecified atom stereocenters. The molecule has 2 atom stereocenters. The molecule has 1 rings (SSSR count). The molecular weight excluding hydrogens is 216 g/mol. The Bertz CT molecular complexity index is 229. The van der Waals surface area contributed by atoms with E-state index in [0.29, 0.717) is 6.54 Å².